The molecule has 0 radical (unpaired) electrons. The number of benzene rings is 1. The highest BCUT2D eigenvalue weighted by atomic mass is 16.5. The second-order valence-corrected chi connectivity index (χ2v) is 6.47. The fourth-order valence-corrected chi connectivity index (χ4v) is 2.82. The molecule has 0 unspecified atom stereocenters. The van der Waals surface area contributed by atoms with Gasteiger partial charge >= 0.3 is 5.97 Å². The van der Waals surface area contributed by atoms with Gasteiger partial charge in [0.2, 0.25) is 0 Å². The van der Waals surface area contributed by atoms with Gasteiger partial charge in [0.1, 0.15) is 5.69 Å². The van der Waals surface area contributed by atoms with Crippen molar-refractivity contribution in [2.24, 2.45) is 0 Å². The van der Waals surface area contributed by atoms with E-state index in [9.17, 15) is 14.4 Å². The first-order valence-electron chi connectivity index (χ1n) is 9.84. The summed E-state index contributed by atoms with van der Waals surface area (Å²) in [6.07, 6.45) is 3.19. The van der Waals surface area contributed by atoms with E-state index in [1.807, 2.05) is 13.8 Å². The summed E-state index contributed by atoms with van der Waals surface area (Å²) in [5.74, 6) is -0.952. The summed E-state index contributed by atoms with van der Waals surface area (Å²) in [6.45, 7) is 7.42. The van der Waals surface area contributed by atoms with Gasteiger partial charge in [0.25, 0.3) is 11.8 Å². The SMILES string of the molecule is CCCN(CCC)C(=O)c1ccnc(C(=O)Nc2ccc(C(=O)OCC)cc2)c1. The molecule has 0 atom stereocenters. The van der Waals surface area contributed by atoms with Gasteiger partial charge in [-0.2, -0.15) is 0 Å². The van der Waals surface area contributed by atoms with Crippen molar-refractivity contribution in [1.82, 2.24) is 9.88 Å². The first kappa shape index (κ1) is 22.1. The third-order valence-corrected chi connectivity index (χ3v) is 4.17. The van der Waals surface area contributed by atoms with Crippen LogP contribution in [0, 0.1) is 0 Å². The maximum atomic E-state index is 12.7. The lowest BCUT2D eigenvalue weighted by Gasteiger charge is -2.21. The Bertz CT molecular complexity index is 843. The Labute approximate surface area is 171 Å². The molecule has 0 saturated carbocycles. The summed E-state index contributed by atoms with van der Waals surface area (Å²) in [6, 6.07) is 9.50. The third kappa shape index (κ3) is 6.14. The molecule has 0 bridgehead atoms. The number of ether oxygens (including phenoxy) is 1. The second-order valence-electron chi connectivity index (χ2n) is 6.47. The van der Waals surface area contributed by atoms with Crippen LogP contribution in [0.2, 0.25) is 0 Å². The molecule has 0 aliphatic rings. The summed E-state index contributed by atoms with van der Waals surface area (Å²) in [7, 11) is 0. The van der Waals surface area contributed by atoms with Crippen LogP contribution in [0.15, 0.2) is 42.6 Å². The number of esters is 1. The Hall–Kier alpha value is -3.22. The van der Waals surface area contributed by atoms with E-state index in [2.05, 4.69) is 10.3 Å². The molecule has 1 aromatic heterocycles. The van der Waals surface area contributed by atoms with Gasteiger partial charge in [-0.1, -0.05) is 13.8 Å². The van der Waals surface area contributed by atoms with Crippen molar-refractivity contribution in [2.75, 3.05) is 25.0 Å². The number of pyridine rings is 1. The van der Waals surface area contributed by atoms with Gasteiger partial charge < -0.3 is 15.0 Å². The van der Waals surface area contributed by atoms with Crippen LogP contribution >= 0.6 is 0 Å². The van der Waals surface area contributed by atoms with Crippen LogP contribution in [0.1, 0.15) is 64.8 Å². The zero-order valence-electron chi connectivity index (χ0n) is 17.1. The minimum absolute atomic E-state index is 0.107. The minimum Gasteiger partial charge on any atom is -0.462 e. The summed E-state index contributed by atoms with van der Waals surface area (Å²) in [4.78, 5) is 42.8. The number of carbonyl (C=O) groups is 3. The topological polar surface area (TPSA) is 88.6 Å². The molecule has 29 heavy (non-hydrogen) atoms. The third-order valence-electron chi connectivity index (χ3n) is 4.17. The van der Waals surface area contributed by atoms with Gasteiger partial charge in [-0.25, -0.2) is 4.79 Å². The molecule has 2 rings (SSSR count). The number of nitrogens with zero attached hydrogens (tertiary/aromatic N) is 2. The Morgan fingerprint density at radius 1 is 0.966 bits per heavy atom. The van der Waals surface area contributed by atoms with Gasteiger partial charge in [0.15, 0.2) is 0 Å². The highest BCUT2D eigenvalue weighted by Crippen LogP contribution is 2.13. The van der Waals surface area contributed by atoms with E-state index in [0.29, 0.717) is 36.5 Å². The zero-order chi connectivity index (χ0) is 21.2. The highest BCUT2D eigenvalue weighted by molar-refractivity contribution is 6.05. The largest absolute Gasteiger partial charge is 0.462 e. The van der Waals surface area contributed by atoms with Gasteiger partial charge in [-0.15, -0.1) is 0 Å². The number of aromatic nitrogens is 1. The standard InChI is InChI=1S/C22H27N3O4/c1-4-13-25(14-5-2)21(27)17-11-12-23-19(15-17)20(26)24-18-9-7-16(8-10-18)22(28)29-6-3/h7-12,15H,4-6,13-14H2,1-3H3,(H,24,26). The molecule has 0 fully saturated rings. The summed E-state index contributed by atoms with van der Waals surface area (Å²) >= 11 is 0. The van der Waals surface area contributed by atoms with Crippen molar-refractivity contribution in [3.63, 3.8) is 0 Å². The summed E-state index contributed by atoms with van der Waals surface area (Å²) in [5.41, 5.74) is 1.51. The molecule has 2 aromatic rings. The Kier molecular flexibility index (Phi) is 8.33. The maximum absolute atomic E-state index is 12.7. The van der Waals surface area contributed by atoms with E-state index >= 15 is 0 Å². The first-order valence-corrected chi connectivity index (χ1v) is 9.84. The average molecular weight is 397 g/mol. The Balaban J connectivity index is 2.11. The van der Waals surface area contributed by atoms with E-state index < -0.39 is 11.9 Å². The molecule has 2 amide bonds. The quantitative estimate of drug-likeness (QED) is 0.651. The van der Waals surface area contributed by atoms with Crippen LogP contribution in [0.4, 0.5) is 5.69 Å². The van der Waals surface area contributed by atoms with Crippen molar-refractivity contribution >= 4 is 23.5 Å². The van der Waals surface area contributed by atoms with Crippen LogP contribution in [0.3, 0.4) is 0 Å². The van der Waals surface area contributed by atoms with Crippen molar-refractivity contribution in [1.29, 1.82) is 0 Å². The van der Waals surface area contributed by atoms with E-state index in [1.54, 1.807) is 42.2 Å². The normalized spacial score (nSPS) is 10.3. The Morgan fingerprint density at radius 3 is 2.21 bits per heavy atom. The van der Waals surface area contributed by atoms with E-state index in [4.69, 9.17) is 4.74 Å². The van der Waals surface area contributed by atoms with Crippen LogP contribution < -0.4 is 5.32 Å². The summed E-state index contributed by atoms with van der Waals surface area (Å²) in [5, 5.41) is 2.72. The summed E-state index contributed by atoms with van der Waals surface area (Å²) < 4.78 is 4.94. The highest BCUT2D eigenvalue weighted by Gasteiger charge is 2.17. The van der Waals surface area contributed by atoms with Crippen molar-refractivity contribution in [3.05, 3.63) is 59.4 Å². The number of amides is 2. The maximum Gasteiger partial charge on any atom is 0.338 e. The number of nitrogens with one attached hydrogen (secondary N) is 1. The van der Waals surface area contributed by atoms with Crippen molar-refractivity contribution in [2.45, 2.75) is 33.6 Å². The van der Waals surface area contributed by atoms with Crippen LogP contribution in [0.5, 0.6) is 0 Å². The van der Waals surface area contributed by atoms with Gasteiger partial charge in [0.05, 0.1) is 12.2 Å². The second kappa shape index (κ2) is 10.9. The Morgan fingerprint density at radius 2 is 1.62 bits per heavy atom. The predicted octanol–water partition coefficient (Wildman–Crippen LogP) is 3.77. The molecule has 1 aromatic carbocycles. The molecule has 1 heterocycles. The van der Waals surface area contributed by atoms with Crippen LogP contribution in [0.25, 0.3) is 0 Å². The average Bonchev–Trinajstić information content (AvgIpc) is 2.74. The zero-order valence-corrected chi connectivity index (χ0v) is 17.1. The van der Waals surface area contributed by atoms with E-state index in [-0.39, 0.29) is 11.6 Å². The first-order chi connectivity index (χ1) is 14.0. The predicted molar refractivity (Wildman–Crippen MR) is 111 cm³/mol. The van der Waals surface area contributed by atoms with E-state index in [1.165, 1.54) is 12.3 Å². The van der Waals surface area contributed by atoms with Crippen LogP contribution in [-0.4, -0.2) is 47.4 Å². The van der Waals surface area contributed by atoms with Gasteiger partial charge in [-0.05, 0) is 56.2 Å². The minimum atomic E-state index is -0.430. The number of carbonyl (C=O) groups excluding carboxylic acids is 3. The lowest BCUT2D eigenvalue weighted by Crippen LogP contribution is -2.32. The lowest BCUT2D eigenvalue weighted by molar-refractivity contribution is 0.0526. The van der Waals surface area contributed by atoms with E-state index in [0.717, 1.165) is 12.8 Å². The lowest BCUT2D eigenvalue weighted by atomic mass is 10.1. The molecular formula is C22H27N3O4. The molecule has 0 saturated heterocycles. The monoisotopic (exact) mass is 397 g/mol. The molecule has 7 heteroatoms. The number of anilines is 1. The van der Waals surface area contributed by atoms with Crippen molar-refractivity contribution < 1.29 is 19.1 Å². The number of hydrogen-bond donors (Lipinski definition) is 1. The van der Waals surface area contributed by atoms with Gasteiger partial charge in [0, 0.05) is 30.5 Å². The number of rotatable bonds is 9. The van der Waals surface area contributed by atoms with Crippen LogP contribution in [-0.2, 0) is 4.74 Å². The van der Waals surface area contributed by atoms with Crippen molar-refractivity contribution in [3.8, 4) is 0 Å². The molecular weight excluding hydrogens is 370 g/mol. The smallest absolute Gasteiger partial charge is 0.338 e. The molecule has 7 nitrogen and oxygen atoms in total. The fourth-order valence-electron chi connectivity index (χ4n) is 2.82. The fraction of sp³-hybridized carbons (Fsp3) is 0.364. The molecule has 1 N–H and O–H groups in total. The molecule has 0 aliphatic carbocycles. The molecule has 0 spiro atoms. The number of hydrogen-bond acceptors (Lipinski definition) is 5. The molecule has 154 valence electrons. The molecule has 0 aliphatic heterocycles. The van der Waals surface area contributed by atoms with Gasteiger partial charge in [-0.3, -0.25) is 14.6 Å².